The molecule has 3 rings (SSSR count). The summed E-state index contributed by atoms with van der Waals surface area (Å²) in [7, 11) is 0. The monoisotopic (exact) mass is 236 g/mol. The molecule has 3 aliphatic rings. The Bertz CT molecular complexity index is 233. The van der Waals surface area contributed by atoms with E-state index in [-0.39, 0.29) is 0 Å². The summed E-state index contributed by atoms with van der Waals surface area (Å²) < 4.78 is 0. The van der Waals surface area contributed by atoms with E-state index in [2.05, 4.69) is 9.80 Å². The van der Waals surface area contributed by atoms with Crippen LogP contribution in [0.4, 0.5) is 0 Å². The first kappa shape index (κ1) is 12.0. The molecule has 98 valence electrons. The second-order valence-corrected chi connectivity index (χ2v) is 6.45. The molecule has 3 fully saturated rings. The fourth-order valence-corrected chi connectivity index (χ4v) is 4.12. The van der Waals surface area contributed by atoms with Crippen molar-refractivity contribution in [1.29, 1.82) is 0 Å². The summed E-state index contributed by atoms with van der Waals surface area (Å²) in [6.07, 6.45) is 11.9. The van der Waals surface area contributed by atoms with Crippen LogP contribution in [-0.4, -0.2) is 48.6 Å². The van der Waals surface area contributed by atoms with E-state index in [1.54, 1.807) is 0 Å². The predicted octanol–water partition coefficient (Wildman–Crippen LogP) is 2.74. The van der Waals surface area contributed by atoms with Crippen LogP contribution in [0.1, 0.15) is 51.4 Å². The maximum Gasteiger partial charge on any atom is 0.0223 e. The maximum absolute atomic E-state index is 2.78. The van der Waals surface area contributed by atoms with Crippen LogP contribution in [0.15, 0.2) is 0 Å². The topological polar surface area (TPSA) is 6.48 Å². The molecule has 0 bridgehead atoms. The molecule has 2 nitrogen and oxygen atoms in total. The highest BCUT2D eigenvalue weighted by Gasteiger charge is 2.29. The van der Waals surface area contributed by atoms with Crippen molar-refractivity contribution < 1.29 is 0 Å². The lowest BCUT2D eigenvalue weighted by atomic mass is 9.88. The fraction of sp³-hybridized carbons (Fsp3) is 1.00. The van der Waals surface area contributed by atoms with Gasteiger partial charge in [-0.05, 0) is 38.1 Å². The molecule has 0 aromatic heterocycles. The predicted molar refractivity (Wildman–Crippen MR) is 72.2 cm³/mol. The molecule has 2 aliphatic heterocycles. The number of nitrogens with zero attached hydrogens (tertiary/aromatic N) is 2. The highest BCUT2D eigenvalue weighted by atomic mass is 15.3. The first-order chi connectivity index (χ1) is 8.42. The fourth-order valence-electron chi connectivity index (χ4n) is 4.12. The van der Waals surface area contributed by atoms with Crippen molar-refractivity contribution in [3.8, 4) is 0 Å². The summed E-state index contributed by atoms with van der Waals surface area (Å²) in [5.74, 6) is 1.03. The third-order valence-electron chi connectivity index (χ3n) is 5.16. The van der Waals surface area contributed by atoms with Gasteiger partial charge in [0.2, 0.25) is 0 Å². The number of piperazine rings is 1. The van der Waals surface area contributed by atoms with Gasteiger partial charge in [0.15, 0.2) is 0 Å². The molecule has 0 spiro atoms. The Hall–Kier alpha value is -0.0800. The molecule has 2 heterocycles. The zero-order chi connectivity index (χ0) is 11.5. The van der Waals surface area contributed by atoms with Gasteiger partial charge in [-0.2, -0.15) is 0 Å². The molecule has 17 heavy (non-hydrogen) atoms. The van der Waals surface area contributed by atoms with Gasteiger partial charge in [-0.25, -0.2) is 0 Å². The van der Waals surface area contributed by atoms with E-state index in [4.69, 9.17) is 0 Å². The van der Waals surface area contributed by atoms with Crippen LogP contribution in [0.5, 0.6) is 0 Å². The second-order valence-electron chi connectivity index (χ2n) is 6.45. The number of rotatable bonds is 2. The molecule has 1 aliphatic carbocycles. The number of fused-ring (bicyclic) bond motifs is 1. The van der Waals surface area contributed by atoms with E-state index in [1.807, 2.05) is 0 Å². The Morgan fingerprint density at radius 2 is 1.59 bits per heavy atom. The van der Waals surface area contributed by atoms with E-state index in [0.717, 1.165) is 12.0 Å². The van der Waals surface area contributed by atoms with Gasteiger partial charge in [0.25, 0.3) is 0 Å². The Kier molecular flexibility index (Phi) is 4.02. The summed E-state index contributed by atoms with van der Waals surface area (Å²) >= 11 is 0. The molecule has 2 heteroatoms. The molecule has 1 unspecified atom stereocenters. The second kappa shape index (κ2) is 5.71. The summed E-state index contributed by atoms with van der Waals surface area (Å²) in [4.78, 5) is 5.53. The van der Waals surface area contributed by atoms with E-state index < -0.39 is 0 Å². The van der Waals surface area contributed by atoms with Gasteiger partial charge in [0, 0.05) is 32.2 Å². The average Bonchev–Trinajstić information content (AvgIpc) is 2.40. The van der Waals surface area contributed by atoms with Crippen LogP contribution in [0.25, 0.3) is 0 Å². The normalized spacial score (nSPS) is 33.5. The Balaban J connectivity index is 1.48. The van der Waals surface area contributed by atoms with Gasteiger partial charge in [0.05, 0.1) is 0 Å². The van der Waals surface area contributed by atoms with Crippen LogP contribution >= 0.6 is 0 Å². The third kappa shape index (κ3) is 3.03. The van der Waals surface area contributed by atoms with Crippen molar-refractivity contribution in [3.05, 3.63) is 0 Å². The first-order valence-electron chi connectivity index (χ1n) is 7.88. The lowest BCUT2D eigenvalue weighted by Gasteiger charge is -2.45. The van der Waals surface area contributed by atoms with Gasteiger partial charge in [-0.15, -0.1) is 0 Å². The van der Waals surface area contributed by atoms with Crippen molar-refractivity contribution in [2.75, 3.05) is 32.7 Å². The van der Waals surface area contributed by atoms with Gasteiger partial charge in [0.1, 0.15) is 0 Å². The third-order valence-corrected chi connectivity index (χ3v) is 5.16. The number of hydrogen-bond donors (Lipinski definition) is 0. The standard InChI is InChI=1S/C15H28N2/c1-2-6-14(7-3-1)12-16-10-11-17-9-5-4-8-15(17)13-16/h14-15H,1-13H2. The lowest BCUT2D eigenvalue weighted by Crippen LogP contribution is -2.55. The zero-order valence-corrected chi connectivity index (χ0v) is 11.2. The van der Waals surface area contributed by atoms with Crippen molar-refractivity contribution in [3.63, 3.8) is 0 Å². The Morgan fingerprint density at radius 1 is 0.765 bits per heavy atom. The average molecular weight is 236 g/mol. The molecular formula is C15H28N2. The van der Waals surface area contributed by atoms with Crippen LogP contribution in [0, 0.1) is 5.92 Å². The first-order valence-corrected chi connectivity index (χ1v) is 7.88. The minimum absolute atomic E-state index is 0.904. The molecule has 0 amide bonds. The Labute approximate surface area is 106 Å². The van der Waals surface area contributed by atoms with Gasteiger partial charge in [-0.1, -0.05) is 25.7 Å². The molecule has 0 aromatic carbocycles. The summed E-state index contributed by atoms with van der Waals surface area (Å²) in [5, 5.41) is 0. The number of piperidine rings is 1. The van der Waals surface area contributed by atoms with Gasteiger partial charge in [-0.3, -0.25) is 4.90 Å². The van der Waals surface area contributed by atoms with E-state index in [9.17, 15) is 0 Å². The van der Waals surface area contributed by atoms with Gasteiger partial charge < -0.3 is 4.90 Å². The van der Waals surface area contributed by atoms with Crippen molar-refractivity contribution >= 4 is 0 Å². The van der Waals surface area contributed by atoms with Crippen LogP contribution in [0.2, 0.25) is 0 Å². The van der Waals surface area contributed by atoms with E-state index in [0.29, 0.717) is 0 Å². The molecule has 1 saturated carbocycles. The number of hydrogen-bond acceptors (Lipinski definition) is 2. The van der Waals surface area contributed by atoms with Crippen LogP contribution in [-0.2, 0) is 0 Å². The minimum atomic E-state index is 0.904. The van der Waals surface area contributed by atoms with Crippen molar-refractivity contribution in [2.24, 2.45) is 5.92 Å². The van der Waals surface area contributed by atoms with Gasteiger partial charge >= 0.3 is 0 Å². The minimum Gasteiger partial charge on any atom is -0.300 e. The van der Waals surface area contributed by atoms with E-state index >= 15 is 0 Å². The van der Waals surface area contributed by atoms with E-state index in [1.165, 1.54) is 84.1 Å². The SMILES string of the molecule is C1CCC(CN2CCN3CCCCC3C2)CC1. The largest absolute Gasteiger partial charge is 0.300 e. The quantitative estimate of drug-likeness (QED) is 0.727. The molecule has 1 atom stereocenters. The lowest BCUT2D eigenvalue weighted by molar-refractivity contribution is 0.0386. The van der Waals surface area contributed by atoms with Crippen LogP contribution in [0.3, 0.4) is 0 Å². The molecule has 2 saturated heterocycles. The molecular weight excluding hydrogens is 208 g/mol. The Morgan fingerprint density at radius 3 is 2.47 bits per heavy atom. The smallest absolute Gasteiger partial charge is 0.0223 e. The highest BCUT2D eigenvalue weighted by molar-refractivity contribution is 4.86. The highest BCUT2D eigenvalue weighted by Crippen LogP contribution is 2.26. The molecule has 0 radical (unpaired) electrons. The van der Waals surface area contributed by atoms with Crippen LogP contribution < -0.4 is 0 Å². The molecule has 0 aromatic rings. The van der Waals surface area contributed by atoms with Crippen molar-refractivity contribution in [1.82, 2.24) is 9.80 Å². The zero-order valence-electron chi connectivity index (χ0n) is 11.2. The molecule has 0 N–H and O–H groups in total. The summed E-state index contributed by atoms with van der Waals surface area (Å²) in [6, 6.07) is 0.904. The maximum atomic E-state index is 2.78. The van der Waals surface area contributed by atoms with Crippen molar-refractivity contribution in [2.45, 2.75) is 57.4 Å². The summed E-state index contributed by atoms with van der Waals surface area (Å²) in [5.41, 5.74) is 0. The summed E-state index contributed by atoms with van der Waals surface area (Å²) in [6.45, 7) is 6.84.